The fourth-order valence-electron chi connectivity index (χ4n) is 3.44. The van der Waals surface area contributed by atoms with E-state index in [2.05, 4.69) is 17.9 Å². The van der Waals surface area contributed by atoms with Gasteiger partial charge in [-0.2, -0.15) is 0 Å². The molecule has 0 aliphatic carbocycles. The van der Waals surface area contributed by atoms with E-state index in [1.807, 2.05) is 6.07 Å². The molecule has 2 aliphatic heterocycles. The van der Waals surface area contributed by atoms with Gasteiger partial charge in [0.15, 0.2) is 0 Å². The SMILES string of the molecule is CC1CCN(Cc2cc(Cl)cc3c2OCC3)C(CN)C1. The van der Waals surface area contributed by atoms with Crippen molar-refractivity contribution < 1.29 is 4.74 Å². The normalized spacial score (nSPS) is 26.4. The third-order valence-corrected chi connectivity index (χ3v) is 4.79. The molecule has 110 valence electrons. The van der Waals surface area contributed by atoms with Crippen LogP contribution in [0.15, 0.2) is 12.1 Å². The van der Waals surface area contributed by atoms with Gasteiger partial charge in [-0.1, -0.05) is 18.5 Å². The van der Waals surface area contributed by atoms with Crippen LogP contribution in [0.25, 0.3) is 0 Å². The van der Waals surface area contributed by atoms with Crippen molar-refractivity contribution in [3.63, 3.8) is 0 Å². The van der Waals surface area contributed by atoms with Crippen molar-refractivity contribution in [1.82, 2.24) is 4.90 Å². The first-order valence-electron chi connectivity index (χ1n) is 7.55. The molecule has 0 spiro atoms. The summed E-state index contributed by atoms with van der Waals surface area (Å²) in [4.78, 5) is 2.49. The number of hydrogen-bond donors (Lipinski definition) is 1. The van der Waals surface area contributed by atoms with E-state index in [4.69, 9.17) is 22.1 Å². The minimum atomic E-state index is 0.481. The molecule has 0 radical (unpaired) electrons. The minimum absolute atomic E-state index is 0.481. The average Bonchev–Trinajstić information content (AvgIpc) is 2.88. The maximum Gasteiger partial charge on any atom is 0.127 e. The molecule has 2 unspecified atom stereocenters. The summed E-state index contributed by atoms with van der Waals surface area (Å²) in [6.07, 6.45) is 3.42. The van der Waals surface area contributed by atoms with Gasteiger partial charge in [-0.15, -0.1) is 0 Å². The van der Waals surface area contributed by atoms with Crippen LogP contribution in [0.3, 0.4) is 0 Å². The van der Waals surface area contributed by atoms with Crippen molar-refractivity contribution in [2.45, 2.75) is 38.8 Å². The number of hydrogen-bond acceptors (Lipinski definition) is 3. The highest BCUT2D eigenvalue weighted by atomic mass is 35.5. The lowest BCUT2D eigenvalue weighted by Crippen LogP contribution is -2.45. The van der Waals surface area contributed by atoms with E-state index in [1.54, 1.807) is 0 Å². The van der Waals surface area contributed by atoms with E-state index < -0.39 is 0 Å². The van der Waals surface area contributed by atoms with Gasteiger partial charge < -0.3 is 10.5 Å². The van der Waals surface area contributed by atoms with Gasteiger partial charge in [-0.05, 0) is 43.0 Å². The Morgan fingerprint density at radius 3 is 3.10 bits per heavy atom. The molecule has 1 fully saturated rings. The van der Waals surface area contributed by atoms with Gasteiger partial charge in [0.25, 0.3) is 0 Å². The van der Waals surface area contributed by atoms with E-state index >= 15 is 0 Å². The van der Waals surface area contributed by atoms with Crippen LogP contribution in [-0.2, 0) is 13.0 Å². The molecule has 3 nitrogen and oxygen atoms in total. The molecular weight excluding hydrogens is 272 g/mol. The van der Waals surface area contributed by atoms with Crippen molar-refractivity contribution >= 4 is 11.6 Å². The van der Waals surface area contributed by atoms with Crippen molar-refractivity contribution in [2.75, 3.05) is 19.7 Å². The summed E-state index contributed by atoms with van der Waals surface area (Å²) in [6, 6.07) is 4.57. The summed E-state index contributed by atoms with van der Waals surface area (Å²) < 4.78 is 5.80. The van der Waals surface area contributed by atoms with E-state index in [0.29, 0.717) is 6.04 Å². The van der Waals surface area contributed by atoms with Crippen LogP contribution >= 0.6 is 11.6 Å². The lowest BCUT2D eigenvalue weighted by molar-refractivity contribution is 0.114. The van der Waals surface area contributed by atoms with Gasteiger partial charge in [-0.3, -0.25) is 4.90 Å². The largest absolute Gasteiger partial charge is 0.493 e. The van der Waals surface area contributed by atoms with Crippen LogP contribution in [0.5, 0.6) is 5.75 Å². The number of nitrogens with two attached hydrogens (primary N) is 1. The lowest BCUT2D eigenvalue weighted by Gasteiger charge is -2.38. The number of rotatable bonds is 3. The van der Waals surface area contributed by atoms with Crippen LogP contribution in [0, 0.1) is 5.92 Å². The molecule has 0 saturated carbocycles. The summed E-state index contributed by atoms with van der Waals surface area (Å²) in [6.45, 7) is 5.84. The predicted molar refractivity (Wildman–Crippen MR) is 82.3 cm³/mol. The number of likely N-dealkylation sites (tertiary alicyclic amines) is 1. The summed E-state index contributed by atoms with van der Waals surface area (Å²) >= 11 is 6.24. The maximum atomic E-state index is 6.24. The van der Waals surface area contributed by atoms with Gasteiger partial charge in [-0.25, -0.2) is 0 Å². The van der Waals surface area contributed by atoms with Crippen LogP contribution in [0.4, 0.5) is 0 Å². The fourth-order valence-corrected chi connectivity index (χ4v) is 3.70. The molecule has 0 amide bonds. The van der Waals surface area contributed by atoms with E-state index in [1.165, 1.54) is 24.0 Å². The van der Waals surface area contributed by atoms with Crippen LogP contribution < -0.4 is 10.5 Å². The predicted octanol–water partition coefficient (Wildman–Crippen LogP) is 2.83. The van der Waals surface area contributed by atoms with Crippen LogP contribution in [0.1, 0.15) is 30.9 Å². The van der Waals surface area contributed by atoms with Gasteiger partial charge in [0.05, 0.1) is 6.61 Å². The molecule has 20 heavy (non-hydrogen) atoms. The standard InChI is InChI=1S/C16H23ClN2O/c1-11-2-4-19(15(6-11)9-18)10-13-8-14(17)7-12-3-5-20-16(12)13/h7-8,11,15H,2-6,9-10,18H2,1H3. The fraction of sp³-hybridized carbons (Fsp3) is 0.625. The van der Waals surface area contributed by atoms with Gasteiger partial charge >= 0.3 is 0 Å². The Bertz CT molecular complexity index is 492. The molecule has 0 bridgehead atoms. The van der Waals surface area contributed by atoms with Gasteiger partial charge in [0.2, 0.25) is 0 Å². The molecular formula is C16H23ClN2O. The van der Waals surface area contributed by atoms with Crippen molar-refractivity contribution in [3.8, 4) is 5.75 Å². The summed E-state index contributed by atoms with van der Waals surface area (Å²) in [5.41, 5.74) is 8.43. The quantitative estimate of drug-likeness (QED) is 0.932. The zero-order valence-electron chi connectivity index (χ0n) is 12.1. The molecule has 0 aromatic heterocycles. The summed E-state index contributed by atoms with van der Waals surface area (Å²) in [7, 11) is 0. The lowest BCUT2D eigenvalue weighted by atomic mass is 9.92. The van der Waals surface area contributed by atoms with Crippen molar-refractivity contribution in [2.24, 2.45) is 11.7 Å². The Labute approximate surface area is 126 Å². The molecule has 2 heterocycles. The highest BCUT2D eigenvalue weighted by molar-refractivity contribution is 6.30. The first-order chi connectivity index (χ1) is 9.67. The third-order valence-electron chi connectivity index (χ3n) is 4.57. The monoisotopic (exact) mass is 294 g/mol. The Hall–Kier alpha value is -0.770. The number of ether oxygens (including phenoxy) is 1. The second kappa shape index (κ2) is 5.92. The number of nitrogens with zero attached hydrogens (tertiary/aromatic N) is 1. The molecule has 1 saturated heterocycles. The highest BCUT2D eigenvalue weighted by Crippen LogP contribution is 2.35. The number of piperidine rings is 1. The van der Waals surface area contributed by atoms with E-state index in [9.17, 15) is 0 Å². The number of fused-ring (bicyclic) bond motifs is 1. The Morgan fingerprint density at radius 1 is 1.45 bits per heavy atom. The Balaban J connectivity index is 1.80. The highest BCUT2D eigenvalue weighted by Gasteiger charge is 2.27. The molecule has 1 aromatic carbocycles. The van der Waals surface area contributed by atoms with Crippen LogP contribution in [0.2, 0.25) is 5.02 Å². The molecule has 2 N–H and O–H groups in total. The molecule has 2 aliphatic rings. The molecule has 1 aromatic rings. The zero-order valence-corrected chi connectivity index (χ0v) is 12.8. The second-order valence-corrected chi connectivity index (χ2v) is 6.58. The van der Waals surface area contributed by atoms with Gasteiger partial charge in [0, 0.05) is 36.1 Å². The number of halogens is 1. The van der Waals surface area contributed by atoms with E-state index in [0.717, 1.165) is 49.4 Å². The van der Waals surface area contributed by atoms with Gasteiger partial charge in [0.1, 0.15) is 5.75 Å². The second-order valence-electron chi connectivity index (χ2n) is 6.14. The number of benzene rings is 1. The Morgan fingerprint density at radius 2 is 2.30 bits per heavy atom. The topological polar surface area (TPSA) is 38.5 Å². The van der Waals surface area contributed by atoms with Crippen molar-refractivity contribution in [3.05, 3.63) is 28.3 Å². The molecule has 2 atom stereocenters. The molecule has 3 rings (SSSR count). The molecule has 4 heteroatoms. The zero-order chi connectivity index (χ0) is 14.1. The smallest absolute Gasteiger partial charge is 0.127 e. The average molecular weight is 295 g/mol. The summed E-state index contributed by atoms with van der Waals surface area (Å²) in [5.74, 6) is 1.84. The maximum absolute atomic E-state index is 6.24. The van der Waals surface area contributed by atoms with Crippen LogP contribution in [-0.4, -0.2) is 30.6 Å². The summed E-state index contributed by atoms with van der Waals surface area (Å²) in [5, 5.41) is 0.818. The first kappa shape index (κ1) is 14.2. The Kier molecular flexibility index (Phi) is 4.20. The third kappa shape index (κ3) is 2.80. The first-order valence-corrected chi connectivity index (χ1v) is 7.93. The van der Waals surface area contributed by atoms with E-state index in [-0.39, 0.29) is 0 Å². The minimum Gasteiger partial charge on any atom is -0.493 e. The van der Waals surface area contributed by atoms with Crippen molar-refractivity contribution in [1.29, 1.82) is 0 Å².